The second-order valence-electron chi connectivity index (χ2n) is 18.8. The van der Waals surface area contributed by atoms with Gasteiger partial charge in [0.15, 0.2) is 12.1 Å². The molecule has 0 spiro atoms. The highest BCUT2D eigenvalue weighted by Crippen LogP contribution is 2.41. The van der Waals surface area contributed by atoms with E-state index < -0.39 is 107 Å². The molecule has 1 aromatic rings. The number of Topliss-reactive ketones (excluding diaryl/α,β-unsaturated/α-hetero) is 1. The van der Waals surface area contributed by atoms with Gasteiger partial charge in [-0.2, -0.15) is 0 Å². The summed E-state index contributed by atoms with van der Waals surface area (Å²) in [5.74, 6) is -6.15. The van der Waals surface area contributed by atoms with Gasteiger partial charge in [-0.25, -0.2) is 14.2 Å². The molecular formula is C45H70FN3O12. The van der Waals surface area contributed by atoms with E-state index in [0.29, 0.717) is 5.71 Å². The Bertz CT molecular complexity index is 1730. The highest BCUT2D eigenvalue weighted by molar-refractivity contribution is 6.08. The van der Waals surface area contributed by atoms with Crippen LogP contribution in [0, 0.1) is 17.8 Å². The van der Waals surface area contributed by atoms with Crippen LogP contribution in [0.1, 0.15) is 101 Å². The van der Waals surface area contributed by atoms with E-state index >= 15 is 4.39 Å². The van der Waals surface area contributed by atoms with Crippen LogP contribution < -0.4 is 0 Å². The molecule has 2 N–H and O–H groups in total. The quantitative estimate of drug-likeness (QED) is 0.202. The smallest absolute Gasteiger partial charge is 0.351 e. The number of carbonyl (C=O) groups excluding carboxylic acids is 3. The van der Waals surface area contributed by atoms with Gasteiger partial charge in [-0.15, -0.1) is 0 Å². The van der Waals surface area contributed by atoms with E-state index in [1.54, 1.807) is 46.7 Å². The minimum Gasteiger partial charge on any atom is -0.457 e. The van der Waals surface area contributed by atoms with Crippen molar-refractivity contribution in [2.24, 2.45) is 27.9 Å². The van der Waals surface area contributed by atoms with E-state index in [0.717, 1.165) is 12.5 Å². The van der Waals surface area contributed by atoms with Crippen LogP contribution in [0.15, 0.2) is 40.5 Å². The summed E-state index contributed by atoms with van der Waals surface area (Å²) in [4.78, 5) is 53.4. The van der Waals surface area contributed by atoms with E-state index in [-0.39, 0.29) is 38.4 Å². The summed E-state index contributed by atoms with van der Waals surface area (Å²) in [6, 6.07) is 8.70. The fourth-order valence-electron chi connectivity index (χ4n) is 9.02. The Morgan fingerprint density at radius 2 is 1.67 bits per heavy atom. The van der Waals surface area contributed by atoms with Gasteiger partial charge in [0.25, 0.3) is 5.67 Å². The summed E-state index contributed by atoms with van der Waals surface area (Å²) in [6.45, 7) is 18.9. The lowest BCUT2D eigenvalue weighted by Gasteiger charge is -2.50. The molecule has 1 amide bonds. The number of halogens is 1. The zero-order chi connectivity index (χ0) is 45.8. The number of amides is 1. The number of ketones is 1. The number of ether oxygens (including phenoxy) is 6. The maximum atomic E-state index is 17.0. The fraction of sp³-hybridized carbons (Fsp3) is 0.756. The first kappa shape index (κ1) is 50.4. The van der Waals surface area contributed by atoms with Crippen molar-refractivity contribution in [3.05, 3.63) is 35.9 Å². The molecule has 344 valence electrons. The second kappa shape index (κ2) is 20.1. The number of esters is 1. The van der Waals surface area contributed by atoms with Crippen LogP contribution in [0.4, 0.5) is 4.39 Å². The van der Waals surface area contributed by atoms with Crippen LogP contribution in [-0.4, -0.2) is 143 Å². The lowest BCUT2D eigenvalue weighted by Crippen LogP contribution is -2.66. The maximum absolute atomic E-state index is 17.0. The molecule has 3 heterocycles. The van der Waals surface area contributed by atoms with Crippen molar-refractivity contribution in [1.29, 1.82) is 0 Å². The summed E-state index contributed by atoms with van der Waals surface area (Å²) < 4.78 is 55.6. The highest BCUT2D eigenvalue weighted by atomic mass is 19.1. The number of oxime groups is 1. The van der Waals surface area contributed by atoms with E-state index in [4.69, 9.17) is 33.3 Å². The zero-order valence-electron chi connectivity index (χ0n) is 38.5. The molecule has 0 aromatic heterocycles. The number of aliphatic hydroxyl groups excluding tert-OH is 1. The predicted molar refractivity (Wildman–Crippen MR) is 226 cm³/mol. The molecule has 14 atom stereocenters. The topological polar surface area (TPSA) is 184 Å². The molecule has 3 aliphatic rings. The molecule has 0 saturated carbocycles. The Morgan fingerprint density at radius 3 is 2.25 bits per heavy atom. The van der Waals surface area contributed by atoms with Crippen molar-refractivity contribution in [3.8, 4) is 0 Å². The van der Waals surface area contributed by atoms with Crippen LogP contribution >= 0.6 is 0 Å². The monoisotopic (exact) mass is 863 g/mol. The van der Waals surface area contributed by atoms with Gasteiger partial charge >= 0.3 is 5.97 Å². The minimum absolute atomic E-state index is 0.00398. The fourth-order valence-corrected chi connectivity index (χ4v) is 9.02. The molecule has 0 unspecified atom stereocenters. The van der Waals surface area contributed by atoms with Crippen molar-refractivity contribution in [2.75, 3.05) is 27.3 Å². The maximum Gasteiger partial charge on any atom is 0.351 e. The Morgan fingerprint density at radius 1 is 1.03 bits per heavy atom. The number of benzene rings is 1. The highest BCUT2D eigenvalue weighted by Gasteiger charge is 2.57. The van der Waals surface area contributed by atoms with Crippen molar-refractivity contribution in [1.82, 2.24) is 4.90 Å². The first-order valence-corrected chi connectivity index (χ1v) is 21.3. The van der Waals surface area contributed by atoms with E-state index in [2.05, 4.69) is 10.1 Å². The molecule has 61 heavy (non-hydrogen) atoms. The molecule has 3 fully saturated rings. The number of nitrogens with zero attached hydrogens (tertiary/aromatic N) is 3. The number of hydrogen-bond donors (Lipinski definition) is 2. The number of likely N-dealkylation sites (N-methyl/N-ethyl adjacent to an activating group) is 1. The zero-order valence-corrected chi connectivity index (χ0v) is 38.5. The predicted octanol–water partition coefficient (Wildman–Crippen LogP) is 5.01. The summed E-state index contributed by atoms with van der Waals surface area (Å²) >= 11 is 0. The summed E-state index contributed by atoms with van der Waals surface area (Å²) in [5, 5.41) is 28.9. The van der Waals surface area contributed by atoms with Crippen LogP contribution in [-0.2, 0) is 54.2 Å². The van der Waals surface area contributed by atoms with Gasteiger partial charge in [-0.3, -0.25) is 9.59 Å². The Labute approximate surface area is 360 Å². The third kappa shape index (κ3) is 11.9. The molecule has 15 nitrogen and oxygen atoms in total. The average Bonchev–Trinajstić information content (AvgIpc) is 3.18. The average molecular weight is 864 g/mol. The first-order chi connectivity index (χ1) is 28.2. The summed E-state index contributed by atoms with van der Waals surface area (Å²) in [5.41, 5.74) is -6.06. The van der Waals surface area contributed by atoms with Crippen molar-refractivity contribution < 1.29 is 62.2 Å². The largest absolute Gasteiger partial charge is 0.457 e. The van der Waals surface area contributed by atoms with Crippen molar-refractivity contribution in [3.63, 3.8) is 0 Å². The lowest BCUT2D eigenvalue weighted by atomic mass is 9.73. The third-order valence-electron chi connectivity index (χ3n) is 12.0. The number of fused-ring (bicyclic) bond motifs is 5. The van der Waals surface area contributed by atoms with Crippen LogP contribution in [0.5, 0.6) is 0 Å². The number of aliphatic imine (C=N–C) groups is 1. The SMILES string of the molecule is CC[C@H]1OC(=O)[C@@](C)(F)C(=O)[C@H](C)[C@@H](O[C@@H]2O[C@H](C)[C@@H](OC(C)(C)C)[C@H](N(C)C)[C@H]2O)[C@@]2(C)C[C@@H](C)C(=NC(C)=O)[C@H](C)[C@@H](OC/C(=N\OCc3ccccc3)CO2)[C@]1(C)O. The number of rotatable bonds is 8. The van der Waals surface area contributed by atoms with Gasteiger partial charge in [-0.05, 0) is 86.9 Å². The number of carbonyl (C=O) groups is 3. The Kier molecular flexibility index (Phi) is 16.6. The number of cyclic esters (lactones) is 1. The molecule has 0 aliphatic carbocycles. The molecule has 16 heteroatoms. The van der Waals surface area contributed by atoms with E-state index in [1.807, 2.05) is 58.0 Å². The van der Waals surface area contributed by atoms with Crippen molar-refractivity contribution >= 4 is 29.1 Å². The Hall–Kier alpha value is -3.22. The Balaban J connectivity index is 1.97. The third-order valence-corrected chi connectivity index (χ3v) is 12.0. The van der Waals surface area contributed by atoms with Gasteiger partial charge < -0.3 is 48.4 Å². The lowest BCUT2D eigenvalue weighted by molar-refractivity contribution is -0.324. The summed E-state index contributed by atoms with van der Waals surface area (Å²) in [7, 11) is 3.58. The second-order valence-corrected chi connectivity index (χ2v) is 18.8. The molecular weight excluding hydrogens is 794 g/mol. The number of aliphatic hydroxyl groups is 2. The van der Waals surface area contributed by atoms with E-state index in [1.165, 1.54) is 20.8 Å². The number of alkyl halides is 1. The van der Waals surface area contributed by atoms with Crippen LogP contribution in [0.3, 0.4) is 0 Å². The van der Waals surface area contributed by atoms with Gasteiger partial charge in [0.1, 0.15) is 36.2 Å². The summed E-state index contributed by atoms with van der Waals surface area (Å²) in [6.07, 6.45) is -8.10. The van der Waals surface area contributed by atoms with E-state index in [9.17, 15) is 24.6 Å². The molecule has 2 bridgehead atoms. The molecule has 1 aromatic carbocycles. The van der Waals surface area contributed by atoms with Crippen LogP contribution in [0.2, 0.25) is 0 Å². The standard InChI is InChI=1S/C45H70FN3O12/c1-15-32-45(12,54)39-26(3)33(47-29(6)50)25(2)21-43(10,56-24-31(23-55-39)48-57-22-30-19-17-16-18-20-30)38(27(4)37(52)44(11,46)41(53)59-32)60-40-35(51)34(49(13)14)36(28(5)58-40)61-42(7,8)9/h16-20,25-28,32,34-36,38-40,51,54H,15,21-24H2,1-14H3/b47-33?,48-31+/t25-,26+,27+,28-,32-,34-,35-,36-,38-,39-,40+,43-,44+,45-/m1/s1. The van der Waals surface area contributed by atoms with Gasteiger partial charge in [0.2, 0.25) is 5.91 Å². The van der Waals surface area contributed by atoms with Crippen molar-refractivity contribution in [2.45, 2.75) is 174 Å². The van der Waals surface area contributed by atoms with Gasteiger partial charge in [-0.1, -0.05) is 63.2 Å². The first-order valence-electron chi connectivity index (χ1n) is 21.3. The molecule has 0 radical (unpaired) electrons. The normalized spacial score (nSPS) is 39.9. The molecule has 3 aliphatic heterocycles. The molecule has 3 saturated heterocycles. The van der Waals surface area contributed by atoms with Crippen LogP contribution in [0.25, 0.3) is 0 Å². The minimum atomic E-state index is -3.24. The van der Waals surface area contributed by atoms with Gasteiger partial charge in [0.05, 0.1) is 48.8 Å². The van der Waals surface area contributed by atoms with Gasteiger partial charge in [0, 0.05) is 24.5 Å². The molecule has 4 rings (SSSR count). The number of hydrogen-bond acceptors (Lipinski definition) is 14.